The first-order valence-electron chi connectivity index (χ1n) is 6.79. The molecule has 1 saturated heterocycles. The van der Waals surface area contributed by atoms with E-state index in [4.69, 9.17) is 9.26 Å². The Morgan fingerprint density at radius 1 is 1.38 bits per heavy atom. The molecule has 1 aliphatic heterocycles. The van der Waals surface area contributed by atoms with E-state index in [1.807, 2.05) is 41.3 Å². The van der Waals surface area contributed by atoms with E-state index in [1.165, 1.54) is 0 Å². The minimum Gasteiger partial charge on any atom is -0.480 e. The highest BCUT2D eigenvalue weighted by Gasteiger charge is 2.29. The van der Waals surface area contributed by atoms with Crippen LogP contribution in [0.2, 0.25) is 0 Å². The quantitative estimate of drug-likeness (QED) is 0.921. The lowest BCUT2D eigenvalue weighted by atomic mass is 10.1. The molecule has 0 radical (unpaired) electrons. The molecule has 6 heteroatoms. The van der Waals surface area contributed by atoms with Crippen molar-refractivity contribution in [3.8, 4) is 11.3 Å². The first-order chi connectivity index (χ1) is 10.2. The van der Waals surface area contributed by atoms with Crippen LogP contribution < -0.4 is 0 Å². The van der Waals surface area contributed by atoms with E-state index in [1.54, 1.807) is 0 Å². The maximum Gasteiger partial charge on any atom is 0.323 e. The molecule has 1 atom stereocenters. The maximum atomic E-state index is 11.2. The highest BCUT2D eigenvalue weighted by Crippen LogP contribution is 2.21. The molecule has 0 spiro atoms. The molecule has 3 rings (SSSR count). The summed E-state index contributed by atoms with van der Waals surface area (Å²) >= 11 is 0. The lowest BCUT2D eigenvalue weighted by molar-refractivity contribution is -0.150. The minimum absolute atomic E-state index is 0.207. The molecule has 1 N–H and O–H groups in total. The fourth-order valence-corrected chi connectivity index (χ4v) is 2.39. The predicted molar refractivity (Wildman–Crippen MR) is 74.6 cm³/mol. The Morgan fingerprint density at radius 2 is 2.19 bits per heavy atom. The van der Waals surface area contributed by atoms with Crippen molar-refractivity contribution in [3.05, 3.63) is 42.1 Å². The SMILES string of the molecule is O=C(O)C1COCCN1Cc1cc(-c2ccccc2)on1. The second-order valence-corrected chi connectivity index (χ2v) is 4.95. The summed E-state index contributed by atoms with van der Waals surface area (Å²) in [5.41, 5.74) is 1.68. The monoisotopic (exact) mass is 288 g/mol. The molecule has 1 unspecified atom stereocenters. The number of hydrogen-bond acceptors (Lipinski definition) is 5. The van der Waals surface area contributed by atoms with Crippen molar-refractivity contribution >= 4 is 5.97 Å². The molecule has 6 nitrogen and oxygen atoms in total. The van der Waals surface area contributed by atoms with Crippen LogP contribution in [0.25, 0.3) is 11.3 Å². The summed E-state index contributed by atoms with van der Waals surface area (Å²) in [7, 11) is 0. The van der Waals surface area contributed by atoms with Gasteiger partial charge in [-0.1, -0.05) is 35.5 Å². The van der Waals surface area contributed by atoms with Gasteiger partial charge in [0.25, 0.3) is 0 Å². The Balaban J connectivity index is 1.73. The van der Waals surface area contributed by atoms with E-state index in [0.717, 1.165) is 11.3 Å². The van der Waals surface area contributed by atoms with Crippen LogP contribution in [0.15, 0.2) is 40.9 Å². The van der Waals surface area contributed by atoms with Gasteiger partial charge in [-0.3, -0.25) is 9.69 Å². The van der Waals surface area contributed by atoms with Crippen LogP contribution in [0.5, 0.6) is 0 Å². The van der Waals surface area contributed by atoms with Crippen molar-refractivity contribution in [1.82, 2.24) is 10.1 Å². The molecule has 0 saturated carbocycles. The van der Waals surface area contributed by atoms with Gasteiger partial charge in [0.1, 0.15) is 6.04 Å². The average molecular weight is 288 g/mol. The van der Waals surface area contributed by atoms with Crippen LogP contribution in [-0.4, -0.2) is 46.9 Å². The second-order valence-electron chi connectivity index (χ2n) is 4.95. The van der Waals surface area contributed by atoms with Gasteiger partial charge in [0, 0.05) is 24.7 Å². The van der Waals surface area contributed by atoms with E-state index in [-0.39, 0.29) is 6.61 Å². The van der Waals surface area contributed by atoms with Crippen LogP contribution in [0.3, 0.4) is 0 Å². The van der Waals surface area contributed by atoms with Gasteiger partial charge in [0.15, 0.2) is 5.76 Å². The van der Waals surface area contributed by atoms with Crippen LogP contribution in [0.4, 0.5) is 0 Å². The van der Waals surface area contributed by atoms with E-state index in [9.17, 15) is 9.90 Å². The summed E-state index contributed by atoms with van der Waals surface area (Å²) < 4.78 is 10.6. The third kappa shape index (κ3) is 3.12. The normalized spacial score (nSPS) is 19.5. The van der Waals surface area contributed by atoms with Gasteiger partial charge >= 0.3 is 5.97 Å². The number of benzene rings is 1. The number of morpholine rings is 1. The molecule has 1 aliphatic rings. The molecular weight excluding hydrogens is 272 g/mol. The highest BCUT2D eigenvalue weighted by molar-refractivity contribution is 5.73. The first-order valence-corrected chi connectivity index (χ1v) is 6.79. The van der Waals surface area contributed by atoms with E-state index >= 15 is 0 Å². The maximum absolute atomic E-state index is 11.2. The van der Waals surface area contributed by atoms with Gasteiger partial charge in [0.05, 0.1) is 18.9 Å². The molecule has 0 bridgehead atoms. The Bertz CT molecular complexity index is 611. The summed E-state index contributed by atoms with van der Waals surface area (Å²) in [6.45, 7) is 1.76. The minimum atomic E-state index is -0.874. The van der Waals surface area contributed by atoms with Crippen molar-refractivity contribution < 1.29 is 19.2 Å². The van der Waals surface area contributed by atoms with Gasteiger partial charge in [-0.25, -0.2) is 0 Å². The Labute approximate surface area is 121 Å². The molecule has 0 aliphatic carbocycles. The van der Waals surface area contributed by atoms with Crippen molar-refractivity contribution in [3.63, 3.8) is 0 Å². The van der Waals surface area contributed by atoms with E-state index < -0.39 is 12.0 Å². The molecule has 110 valence electrons. The number of aliphatic carboxylic acids is 1. The number of aromatic nitrogens is 1. The Kier molecular flexibility index (Phi) is 3.98. The zero-order valence-corrected chi connectivity index (χ0v) is 11.4. The summed E-state index contributed by atoms with van der Waals surface area (Å²) in [4.78, 5) is 13.1. The number of carbonyl (C=O) groups is 1. The zero-order chi connectivity index (χ0) is 14.7. The van der Waals surface area contributed by atoms with Gasteiger partial charge < -0.3 is 14.4 Å². The Morgan fingerprint density at radius 3 is 2.95 bits per heavy atom. The lowest BCUT2D eigenvalue weighted by Crippen LogP contribution is -2.49. The summed E-state index contributed by atoms with van der Waals surface area (Å²) in [6.07, 6.45) is 0. The molecule has 1 aromatic carbocycles. The molecule has 2 aromatic rings. The summed E-state index contributed by atoms with van der Waals surface area (Å²) in [5.74, 6) is -0.188. The number of rotatable bonds is 4. The van der Waals surface area contributed by atoms with Gasteiger partial charge in [-0.15, -0.1) is 0 Å². The van der Waals surface area contributed by atoms with E-state index in [0.29, 0.717) is 25.5 Å². The second kappa shape index (κ2) is 6.07. The van der Waals surface area contributed by atoms with Crippen molar-refractivity contribution in [2.75, 3.05) is 19.8 Å². The van der Waals surface area contributed by atoms with Crippen LogP contribution in [0.1, 0.15) is 5.69 Å². The fraction of sp³-hybridized carbons (Fsp3) is 0.333. The topological polar surface area (TPSA) is 75.8 Å². The van der Waals surface area contributed by atoms with Crippen LogP contribution in [-0.2, 0) is 16.1 Å². The number of carboxylic acid groups (broad SMARTS) is 1. The van der Waals surface area contributed by atoms with Crippen molar-refractivity contribution in [1.29, 1.82) is 0 Å². The van der Waals surface area contributed by atoms with Crippen LogP contribution in [0, 0.1) is 0 Å². The summed E-state index contributed by atoms with van der Waals surface area (Å²) in [6, 6.07) is 10.9. The fourth-order valence-electron chi connectivity index (χ4n) is 2.39. The Hall–Kier alpha value is -2.18. The van der Waals surface area contributed by atoms with Crippen LogP contribution >= 0.6 is 0 Å². The lowest BCUT2D eigenvalue weighted by Gasteiger charge is -2.31. The number of carboxylic acids is 1. The predicted octanol–water partition coefficient (Wildman–Crippen LogP) is 1.63. The third-order valence-electron chi connectivity index (χ3n) is 3.51. The van der Waals surface area contributed by atoms with Gasteiger partial charge in [-0.2, -0.15) is 0 Å². The average Bonchev–Trinajstić information content (AvgIpc) is 2.97. The van der Waals surface area contributed by atoms with Crippen molar-refractivity contribution in [2.24, 2.45) is 0 Å². The molecular formula is C15H16N2O4. The zero-order valence-electron chi connectivity index (χ0n) is 11.4. The highest BCUT2D eigenvalue weighted by atomic mass is 16.5. The van der Waals surface area contributed by atoms with E-state index in [2.05, 4.69) is 5.16 Å². The van der Waals surface area contributed by atoms with Gasteiger partial charge in [0.2, 0.25) is 0 Å². The van der Waals surface area contributed by atoms with Gasteiger partial charge in [-0.05, 0) is 0 Å². The number of nitrogens with zero attached hydrogens (tertiary/aromatic N) is 2. The molecule has 2 heterocycles. The first kappa shape index (κ1) is 13.8. The third-order valence-corrected chi connectivity index (χ3v) is 3.51. The molecule has 1 aromatic heterocycles. The molecule has 21 heavy (non-hydrogen) atoms. The molecule has 0 amide bonds. The standard InChI is InChI=1S/C15H16N2O4/c18-15(19)13-10-20-7-6-17(13)9-12-8-14(21-16-12)11-4-2-1-3-5-11/h1-5,8,13H,6-7,9-10H2,(H,18,19). The number of hydrogen-bond donors (Lipinski definition) is 1. The summed E-state index contributed by atoms with van der Waals surface area (Å²) in [5, 5.41) is 13.2. The smallest absolute Gasteiger partial charge is 0.323 e. The molecule has 1 fully saturated rings. The largest absolute Gasteiger partial charge is 0.480 e. The van der Waals surface area contributed by atoms with Crippen molar-refractivity contribution in [2.45, 2.75) is 12.6 Å². The number of ether oxygens (including phenoxy) is 1.